The van der Waals surface area contributed by atoms with Crippen LogP contribution in [0.4, 0.5) is 0 Å². The molecular weight excluding hydrogens is 542 g/mol. The Kier molecular flexibility index (Phi) is 11.5. The summed E-state index contributed by atoms with van der Waals surface area (Å²) in [5, 5.41) is 26.0. The van der Waals surface area contributed by atoms with E-state index in [1.165, 1.54) is 34.8 Å². The summed E-state index contributed by atoms with van der Waals surface area (Å²) in [6.07, 6.45) is 0.281. The molecule has 0 bridgehead atoms. The molecule has 220 valence electrons. The molecule has 0 aliphatic carbocycles. The molecule has 0 radical (unpaired) electrons. The van der Waals surface area contributed by atoms with Crippen LogP contribution >= 0.6 is 0 Å². The van der Waals surface area contributed by atoms with Gasteiger partial charge in [-0.05, 0) is 60.6 Å². The Hall–Kier alpha value is -3.73. The molecule has 0 unspecified atom stereocenters. The van der Waals surface area contributed by atoms with E-state index in [0.717, 1.165) is 16.7 Å². The highest BCUT2D eigenvalue weighted by atomic mass is 32.2. The average Bonchev–Trinajstić information content (AvgIpc) is 2.93. The Morgan fingerprint density at radius 1 is 0.976 bits per heavy atom. The lowest BCUT2D eigenvalue weighted by molar-refractivity contribution is -0.124. The van der Waals surface area contributed by atoms with Crippen LogP contribution < -0.4 is 10.1 Å². The van der Waals surface area contributed by atoms with Gasteiger partial charge in [0.25, 0.3) is 5.91 Å². The summed E-state index contributed by atoms with van der Waals surface area (Å²) < 4.78 is 34.3. The number of hydrogen-bond acceptors (Lipinski definition) is 7. The first-order valence-corrected chi connectivity index (χ1v) is 14.9. The summed E-state index contributed by atoms with van der Waals surface area (Å²) in [5.41, 5.74) is 3.23. The van der Waals surface area contributed by atoms with E-state index in [9.17, 15) is 18.3 Å². The van der Waals surface area contributed by atoms with Crippen molar-refractivity contribution >= 4 is 22.1 Å². The van der Waals surface area contributed by atoms with Crippen LogP contribution in [0, 0.1) is 19.8 Å². The van der Waals surface area contributed by atoms with Crippen LogP contribution in [0.15, 0.2) is 82.8 Å². The first kappa shape index (κ1) is 31.8. The van der Waals surface area contributed by atoms with E-state index in [-0.39, 0.29) is 30.5 Å². The zero-order valence-corrected chi connectivity index (χ0v) is 24.7. The third kappa shape index (κ3) is 9.14. The zero-order chi connectivity index (χ0) is 30.0. The number of oxime groups is 1. The van der Waals surface area contributed by atoms with E-state index >= 15 is 0 Å². The van der Waals surface area contributed by atoms with Crippen molar-refractivity contribution in [2.24, 2.45) is 11.1 Å². The lowest BCUT2D eigenvalue weighted by atomic mass is 10.0. The molecule has 0 saturated heterocycles. The first-order chi connectivity index (χ1) is 19.5. The van der Waals surface area contributed by atoms with Crippen LogP contribution in [0.3, 0.4) is 0 Å². The third-order valence-corrected chi connectivity index (χ3v) is 8.40. The van der Waals surface area contributed by atoms with Gasteiger partial charge in [-0.15, -0.1) is 0 Å². The Bertz CT molecular complexity index is 1390. The van der Waals surface area contributed by atoms with Gasteiger partial charge in [-0.2, -0.15) is 4.31 Å². The third-order valence-electron chi connectivity index (χ3n) is 6.55. The molecule has 9 nitrogen and oxygen atoms in total. The fourth-order valence-corrected chi connectivity index (χ4v) is 6.14. The molecule has 2 atom stereocenters. The zero-order valence-electron chi connectivity index (χ0n) is 23.9. The van der Waals surface area contributed by atoms with Crippen molar-refractivity contribution in [1.82, 2.24) is 9.62 Å². The SMILES string of the molecule is Cc1cccc(C)c1OCC(=O)N[C@@H](Cc1ccccc1)[C@H](O)CN(CC(C)C)S(=O)(=O)c1ccc(/C=N/O)cc1. The van der Waals surface area contributed by atoms with Gasteiger partial charge in [-0.25, -0.2) is 8.42 Å². The molecule has 0 aliphatic heterocycles. The number of aryl methyl sites for hydroxylation is 2. The largest absolute Gasteiger partial charge is 0.483 e. The normalized spacial score (nSPS) is 13.4. The Labute approximate surface area is 242 Å². The number of rotatable bonds is 14. The van der Waals surface area contributed by atoms with Crippen molar-refractivity contribution in [2.45, 2.75) is 51.2 Å². The van der Waals surface area contributed by atoms with Gasteiger partial charge in [0, 0.05) is 13.1 Å². The van der Waals surface area contributed by atoms with E-state index in [4.69, 9.17) is 9.94 Å². The van der Waals surface area contributed by atoms with Gasteiger partial charge in [0.05, 0.1) is 23.3 Å². The van der Waals surface area contributed by atoms with Gasteiger partial charge >= 0.3 is 0 Å². The Morgan fingerprint density at radius 3 is 2.20 bits per heavy atom. The average molecular weight is 582 g/mol. The van der Waals surface area contributed by atoms with E-state index in [1.54, 1.807) is 0 Å². The lowest BCUT2D eigenvalue weighted by Gasteiger charge is -2.31. The van der Waals surface area contributed by atoms with Crippen LogP contribution in [0.25, 0.3) is 0 Å². The maximum absolute atomic E-state index is 13.6. The minimum Gasteiger partial charge on any atom is -0.483 e. The molecule has 3 aromatic rings. The molecule has 0 aliphatic rings. The van der Waals surface area contributed by atoms with Gasteiger partial charge < -0.3 is 20.4 Å². The molecule has 10 heteroatoms. The topological polar surface area (TPSA) is 129 Å². The highest BCUT2D eigenvalue weighted by Gasteiger charge is 2.31. The molecule has 0 spiro atoms. The van der Waals surface area contributed by atoms with Gasteiger partial charge in [0.2, 0.25) is 10.0 Å². The summed E-state index contributed by atoms with van der Waals surface area (Å²) in [5.74, 6) is 0.186. The fourth-order valence-electron chi connectivity index (χ4n) is 4.52. The maximum atomic E-state index is 13.6. The van der Waals surface area contributed by atoms with Crippen LogP contribution in [0.5, 0.6) is 5.75 Å². The molecule has 0 saturated carbocycles. The lowest BCUT2D eigenvalue weighted by Crippen LogP contribution is -2.52. The summed E-state index contributed by atoms with van der Waals surface area (Å²) in [7, 11) is -3.98. The molecule has 3 rings (SSSR count). The molecule has 1 amide bonds. The van der Waals surface area contributed by atoms with Gasteiger partial charge in [-0.1, -0.05) is 79.7 Å². The quantitative estimate of drug-likeness (QED) is 0.150. The summed E-state index contributed by atoms with van der Waals surface area (Å²) in [6, 6.07) is 20.3. The predicted molar refractivity (Wildman–Crippen MR) is 159 cm³/mol. The van der Waals surface area contributed by atoms with E-state index in [1.807, 2.05) is 76.2 Å². The second-order valence-electron chi connectivity index (χ2n) is 10.5. The minimum absolute atomic E-state index is 0.0225. The summed E-state index contributed by atoms with van der Waals surface area (Å²) in [6.45, 7) is 7.28. The van der Waals surface area contributed by atoms with Crippen LogP contribution in [0.2, 0.25) is 0 Å². The van der Waals surface area contributed by atoms with E-state index < -0.39 is 28.1 Å². The fraction of sp³-hybridized carbons (Fsp3) is 0.355. The Balaban J connectivity index is 1.82. The van der Waals surface area contributed by atoms with E-state index in [2.05, 4.69) is 10.5 Å². The Morgan fingerprint density at radius 2 is 1.61 bits per heavy atom. The van der Waals surface area contributed by atoms with Gasteiger partial charge in [0.1, 0.15) is 5.75 Å². The molecule has 0 aromatic heterocycles. The van der Waals surface area contributed by atoms with Crippen molar-refractivity contribution in [1.29, 1.82) is 0 Å². The van der Waals surface area contributed by atoms with Gasteiger partial charge in [-0.3, -0.25) is 4.79 Å². The molecule has 41 heavy (non-hydrogen) atoms. The maximum Gasteiger partial charge on any atom is 0.258 e. The molecule has 3 aromatic carbocycles. The highest BCUT2D eigenvalue weighted by Crippen LogP contribution is 2.22. The van der Waals surface area contributed by atoms with Gasteiger partial charge in [0.15, 0.2) is 6.61 Å². The second-order valence-corrected chi connectivity index (χ2v) is 12.4. The molecular formula is C31H39N3O6S. The molecule has 3 N–H and O–H groups in total. The van der Waals surface area contributed by atoms with Crippen LogP contribution in [-0.2, 0) is 21.2 Å². The predicted octanol–water partition coefficient (Wildman–Crippen LogP) is 3.93. The highest BCUT2D eigenvalue weighted by molar-refractivity contribution is 7.89. The number of amides is 1. The van der Waals surface area contributed by atoms with Crippen LogP contribution in [-0.4, -0.2) is 67.0 Å². The first-order valence-electron chi connectivity index (χ1n) is 13.5. The number of benzene rings is 3. The van der Waals surface area contributed by atoms with Crippen molar-refractivity contribution in [3.05, 3.63) is 95.1 Å². The van der Waals surface area contributed by atoms with Crippen LogP contribution in [0.1, 0.15) is 36.1 Å². The van der Waals surface area contributed by atoms with Crippen molar-refractivity contribution < 1.29 is 28.3 Å². The van der Waals surface area contributed by atoms with Crippen molar-refractivity contribution in [2.75, 3.05) is 19.7 Å². The smallest absolute Gasteiger partial charge is 0.258 e. The number of hydrogen-bond donors (Lipinski definition) is 3. The number of carbonyl (C=O) groups excluding carboxylic acids is 1. The van der Waals surface area contributed by atoms with Crippen molar-refractivity contribution in [3.8, 4) is 5.75 Å². The number of ether oxygens (including phenoxy) is 1. The standard InChI is InChI=1S/C31H39N3O6S/c1-22(2)19-34(41(38,39)27-15-13-26(14-16-27)18-32-37)20-29(35)28(17-25-11-6-5-7-12-25)33-30(36)21-40-31-23(3)9-8-10-24(31)4/h5-16,18,22,28-29,35,37H,17,19-21H2,1-4H3,(H,33,36)/b32-18+/t28-,29+/m0/s1. The minimum atomic E-state index is -3.98. The number of sulfonamides is 1. The number of aliphatic hydroxyl groups is 1. The number of nitrogens with one attached hydrogen (secondary N) is 1. The second kappa shape index (κ2) is 14.8. The molecule has 0 heterocycles. The summed E-state index contributed by atoms with van der Waals surface area (Å²) >= 11 is 0. The molecule has 0 fully saturated rings. The van der Waals surface area contributed by atoms with E-state index in [0.29, 0.717) is 17.7 Å². The number of para-hydroxylation sites is 1. The monoisotopic (exact) mass is 581 g/mol. The van der Waals surface area contributed by atoms with Crippen molar-refractivity contribution in [3.63, 3.8) is 0 Å². The number of nitrogens with zero attached hydrogens (tertiary/aromatic N) is 2. The number of aliphatic hydroxyl groups excluding tert-OH is 1. The number of carbonyl (C=O) groups is 1. The summed E-state index contributed by atoms with van der Waals surface area (Å²) in [4.78, 5) is 13.1.